The number of rotatable bonds is 5. The third kappa shape index (κ3) is 4.63. The molecule has 0 saturated heterocycles. The Morgan fingerprint density at radius 2 is 2.27 bits per heavy atom. The van der Waals surface area contributed by atoms with Gasteiger partial charge >= 0.3 is 0 Å². The molecule has 0 aliphatic carbocycles. The Balaban J connectivity index is 2.51. The van der Waals surface area contributed by atoms with Crippen molar-refractivity contribution in [2.75, 3.05) is 0 Å². The van der Waals surface area contributed by atoms with E-state index in [4.69, 9.17) is 0 Å². The van der Waals surface area contributed by atoms with Crippen LogP contribution in [-0.2, 0) is 6.42 Å². The van der Waals surface area contributed by atoms with Crippen molar-refractivity contribution < 1.29 is 5.11 Å². The third-order valence-electron chi connectivity index (χ3n) is 2.38. The Hall–Kier alpha value is -0.600. The van der Waals surface area contributed by atoms with E-state index in [0.29, 0.717) is 12.8 Å². The number of aliphatic hydroxyl groups excluding tert-OH is 1. The molecule has 0 radical (unpaired) electrons. The molecule has 0 spiro atoms. The highest BCUT2D eigenvalue weighted by atomic mass is 79.9. The zero-order valence-electron chi connectivity index (χ0n) is 9.04. The van der Waals surface area contributed by atoms with Crippen LogP contribution < -0.4 is 0 Å². The first-order chi connectivity index (χ1) is 7.11. The molecule has 1 unspecified atom stereocenters. The molecule has 0 bridgehead atoms. The summed E-state index contributed by atoms with van der Waals surface area (Å²) >= 11 is 3.42. The van der Waals surface area contributed by atoms with Gasteiger partial charge in [0.15, 0.2) is 0 Å². The van der Waals surface area contributed by atoms with Gasteiger partial charge in [-0.05, 0) is 37.0 Å². The van der Waals surface area contributed by atoms with Gasteiger partial charge in [-0.3, -0.25) is 0 Å². The first kappa shape index (κ1) is 12.5. The van der Waals surface area contributed by atoms with Gasteiger partial charge in [0.1, 0.15) is 0 Å². The van der Waals surface area contributed by atoms with Crippen LogP contribution in [0.4, 0.5) is 0 Å². The molecule has 1 rings (SSSR count). The number of aliphatic hydroxyl groups is 1. The van der Waals surface area contributed by atoms with E-state index >= 15 is 0 Å². The van der Waals surface area contributed by atoms with Crippen LogP contribution in [0.3, 0.4) is 0 Å². The minimum atomic E-state index is -0.313. The van der Waals surface area contributed by atoms with Gasteiger partial charge in [-0.1, -0.05) is 47.1 Å². The van der Waals surface area contributed by atoms with Gasteiger partial charge in [-0.2, -0.15) is 0 Å². The highest BCUT2D eigenvalue weighted by molar-refractivity contribution is 9.10. The van der Waals surface area contributed by atoms with E-state index in [-0.39, 0.29) is 6.10 Å². The second-order valence-corrected chi connectivity index (χ2v) is 4.71. The summed E-state index contributed by atoms with van der Waals surface area (Å²) in [6, 6.07) is 8.04. The molecule has 0 fully saturated rings. The zero-order valence-corrected chi connectivity index (χ0v) is 10.6. The predicted molar refractivity (Wildman–Crippen MR) is 67.9 cm³/mol. The molecule has 15 heavy (non-hydrogen) atoms. The van der Waals surface area contributed by atoms with Crippen LogP contribution in [0.1, 0.15) is 25.3 Å². The summed E-state index contributed by atoms with van der Waals surface area (Å²) in [5.74, 6) is 0. The van der Waals surface area contributed by atoms with Crippen LogP contribution in [0.2, 0.25) is 0 Å². The van der Waals surface area contributed by atoms with Crippen molar-refractivity contribution >= 4 is 15.9 Å². The van der Waals surface area contributed by atoms with E-state index in [1.165, 1.54) is 0 Å². The topological polar surface area (TPSA) is 20.2 Å². The molecule has 1 N–H and O–H groups in total. The average molecular weight is 269 g/mol. The largest absolute Gasteiger partial charge is 0.392 e. The van der Waals surface area contributed by atoms with Gasteiger partial charge in [-0.15, -0.1) is 0 Å². The summed E-state index contributed by atoms with van der Waals surface area (Å²) in [6.45, 7) is 5.97. The maximum atomic E-state index is 9.82. The summed E-state index contributed by atoms with van der Waals surface area (Å²) in [5.41, 5.74) is 2.26. The quantitative estimate of drug-likeness (QED) is 0.808. The minimum Gasteiger partial charge on any atom is -0.392 e. The fourth-order valence-electron chi connectivity index (χ4n) is 1.49. The number of halogens is 1. The molecule has 0 aliphatic rings. The maximum absolute atomic E-state index is 9.82. The third-order valence-corrected chi connectivity index (χ3v) is 2.88. The number of hydrogen-bond acceptors (Lipinski definition) is 1. The van der Waals surface area contributed by atoms with E-state index in [1.54, 1.807) is 0 Å². The van der Waals surface area contributed by atoms with Crippen LogP contribution in [-0.4, -0.2) is 11.2 Å². The average Bonchev–Trinajstić information content (AvgIpc) is 2.17. The molecule has 0 saturated carbocycles. The molecule has 1 atom stereocenters. The lowest BCUT2D eigenvalue weighted by Gasteiger charge is -2.11. The molecule has 1 aromatic rings. The molecule has 0 heterocycles. The SMILES string of the molecule is C=C(CC)CC(O)Cc1cccc(Br)c1. The lowest BCUT2D eigenvalue weighted by atomic mass is 10.0. The van der Waals surface area contributed by atoms with Gasteiger partial charge in [0, 0.05) is 4.47 Å². The van der Waals surface area contributed by atoms with Crippen LogP contribution >= 0.6 is 15.9 Å². The highest BCUT2D eigenvalue weighted by Crippen LogP contribution is 2.16. The molecule has 1 aromatic carbocycles. The van der Waals surface area contributed by atoms with E-state index < -0.39 is 0 Å². The van der Waals surface area contributed by atoms with Gasteiger partial charge in [0.2, 0.25) is 0 Å². The molecule has 0 aliphatic heterocycles. The Morgan fingerprint density at radius 3 is 2.87 bits per heavy atom. The molecular formula is C13H17BrO. The minimum absolute atomic E-state index is 0.313. The number of hydrogen-bond donors (Lipinski definition) is 1. The summed E-state index contributed by atoms with van der Waals surface area (Å²) < 4.78 is 1.06. The fraction of sp³-hybridized carbons (Fsp3) is 0.385. The van der Waals surface area contributed by atoms with Crippen LogP contribution in [0, 0.1) is 0 Å². The second-order valence-electron chi connectivity index (χ2n) is 3.80. The van der Waals surface area contributed by atoms with Crippen molar-refractivity contribution in [3.63, 3.8) is 0 Å². The molecule has 82 valence electrons. The first-order valence-electron chi connectivity index (χ1n) is 5.21. The van der Waals surface area contributed by atoms with Gasteiger partial charge in [-0.25, -0.2) is 0 Å². The summed E-state index contributed by atoms with van der Waals surface area (Å²) in [4.78, 5) is 0. The van der Waals surface area contributed by atoms with Crippen molar-refractivity contribution in [2.45, 2.75) is 32.3 Å². The van der Waals surface area contributed by atoms with Gasteiger partial charge < -0.3 is 5.11 Å². The normalized spacial score (nSPS) is 12.5. The smallest absolute Gasteiger partial charge is 0.0617 e. The van der Waals surface area contributed by atoms with E-state index in [0.717, 1.165) is 22.0 Å². The molecule has 2 heteroatoms. The van der Waals surface area contributed by atoms with Crippen molar-refractivity contribution in [3.8, 4) is 0 Å². The molecule has 0 aromatic heterocycles. The maximum Gasteiger partial charge on any atom is 0.0617 e. The molecular weight excluding hydrogens is 252 g/mol. The molecule has 1 nitrogen and oxygen atoms in total. The predicted octanol–water partition coefficient (Wildman–Crippen LogP) is 3.71. The van der Waals surface area contributed by atoms with Crippen molar-refractivity contribution in [3.05, 3.63) is 46.5 Å². The zero-order chi connectivity index (χ0) is 11.3. The fourth-order valence-corrected chi connectivity index (χ4v) is 1.93. The van der Waals surface area contributed by atoms with Crippen molar-refractivity contribution in [2.24, 2.45) is 0 Å². The Bertz CT molecular complexity index is 333. The van der Waals surface area contributed by atoms with E-state index in [2.05, 4.69) is 29.4 Å². The van der Waals surface area contributed by atoms with Gasteiger partial charge in [0.05, 0.1) is 6.10 Å². The number of benzene rings is 1. The van der Waals surface area contributed by atoms with E-state index in [9.17, 15) is 5.11 Å². The first-order valence-corrected chi connectivity index (χ1v) is 6.00. The Morgan fingerprint density at radius 1 is 1.53 bits per heavy atom. The summed E-state index contributed by atoms with van der Waals surface area (Å²) in [7, 11) is 0. The summed E-state index contributed by atoms with van der Waals surface area (Å²) in [5, 5.41) is 9.82. The lowest BCUT2D eigenvalue weighted by Crippen LogP contribution is -2.11. The lowest BCUT2D eigenvalue weighted by molar-refractivity contribution is 0.174. The van der Waals surface area contributed by atoms with Gasteiger partial charge in [0.25, 0.3) is 0 Å². The highest BCUT2D eigenvalue weighted by Gasteiger charge is 2.06. The van der Waals surface area contributed by atoms with Crippen LogP contribution in [0.25, 0.3) is 0 Å². The van der Waals surface area contributed by atoms with Crippen molar-refractivity contribution in [1.82, 2.24) is 0 Å². The van der Waals surface area contributed by atoms with Crippen LogP contribution in [0.15, 0.2) is 40.9 Å². The Labute approximate surface area is 100.0 Å². The van der Waals surface area contributed by atoms with Crippen molar-refractivity contribution in [1.29, 1.82) is 0 Å². The molecule has 0 amide bonds. The second kappa shape index (κ2) is 6.09. The summed E-state index contributed by atoms with van der Waals surface area (Å²) in [6.07, 6.45) is 2.02. The van der Waals surface area contributed by atoms with Crippen LogP contribution in [0.5, 0.6) is 0 Å². The monoisotopic (exact) mass is 268 g/mol. The Kier molecular flexibility index (Phi) is 5.06. The standard InChI is InChI=1S/C13H17BrO/c1-3-10(2)7-13(15)9-11-5-4-6-12(14)8-11/h4-6,8,13,15H,2-3,7,9H2,1H3. The van der Waals surface area contributed by atoms with E-state index in [1.807, 2.05) is 24.3 Å².